The van der Waals surface area contributed by atoms with Crippen LogP contribution in [0.3, 0.4) is 0 Å². The number of benzene rings is 1. The number of hydrogen-bond acceptors (Lipinski definition) is 6. The van der Waals surface area contributed by atoms with Gasteiger partial charge in [-0.15, -0.1) is 11.3 Å². The van der Waals surface area contributed by atoms with Crippen molar-refractivity contribution >= 4 is 44.2 Å². The Morgan fingerprint density at radius 3 is 2.68 bits per heavy atom. The van der Waals surface area contributed by atoms with E-state index in [2.05, 4.69) is 30.7 Å². The molecule has 0 aliphatic carbocycles. The molecule has 0 fully saturated rings. The van der Waals surface area contributed by atoms with Gasteiger partial charge in [-0.25, -0.2) is 9.97 Å². The van der Waals surface area contributed by atoms with Gasteiger partial charge in [0, 0.05) is 6.04 Å². The van der Waals surface area contributed by atoms with Gasteiger partial charge >= 0.3 is 0 Å². The Balaban J connectivity index is 1.67. The van der Waals surface area contributed by atoms with E-state index in [1.165, 1.54) is 23.1 Å². The summed E-state index contributed by atoms with van der Waals surface area (Å²) >= 11 is 2.83. The summed E-state index contributed by atoms with van der Waals surface area (Å²) in [6.45, 7) is 6.52. The number of hydrogen-bond donors (Lipinski definition) is 1. The van der Waals surface area contributed by atoms with Crippen LogP contribution in [0.5, 0.6) is 0 Å². The fraction of sp³-hybridized carbons (Fsp3) is 0.391. The Morgan fingerprint density at radius 1 is 1.06 bits per heavy atom. The number of H-pyrrole nitrogens is 1. The average molecular weight is 455 g/mol. The first-order valence-electron chi connectivity index (χ1n) is 10.5. The monoisotopic (exact) mass is 454 g/mol. The zero-order valence-electron chi connectivity index (χ0n) is 17.9. The summed E-state index contributed by atoms with van der Waals surface area (Å²) in [4.78, 5) is 37.8. The predicted molar refractivity (Wildman–Crippen MR) is 129 cm³/mol. The van der Waals surface area contributed by atoms with Gasteiger partial charge in [-0.3, -0.25) is 14.2 Å². The third-order valence-corrected chi connectivity index (χ3v) is 7.19. The van der Waals surface area contributed by atoms with Gasteiger partial charge < -0.3 is 4.98 Å². The standard InChI is InChI=1S/C23H26N4O2S2/c1-14(2)7-6-8-15(3)27-22(29)16-9-4-5-10-17(16)25-23(27)31-13-19-24-18-11-12-30-20(18)21(28)26-19/h4-5,9-12,14-15H,6-8,13H2,1-3H3,(H,24,26,28). The summed E-state index contributed by atoms with van der Waals surface area (Å²) in [5.41, 5.74) is 1.26. The highest BCUT2D eigenvalue weighted by molar-refractivity contribution is 7.98. The lowest BCUT2D eigenvalue weighted by molar-refractivity contribution is 0.414. The van der Waals surface area contributed by atoms with E-state index in [-0.39, 0.29) is 17.2 Å². The van der Waals surface area contributed by atoms with E-state index in [0.29, 0.717) is 43.8 Å². The molecule has 1 atom stereocenters. The minimum Gasteiger partial charge on any atom is -0.309 e. The molecule has 4 aromatic rings. The third-order valence-electron chi connectivity index (χ3n) is 5.32. The van der Waals surface area contributed by atoms with Gasteiger partial charge in [0.25, 0.3) is 11.1 Å². The molecule has 1 N–H and O–H groups in total. The van der Waals surface area contributed by atoms with Crippen molar-refractivity contribution in [3.8, 4) is 0 Å². The van der Waals surface area contributed by atoms with Crippen LogP contribution in [-0.2, 0) is 5.75 Å². The lowest BCUT2D eigenvalue weighted by Gasteiger charge is -2.20. The molecule has 0 aliphatic heterocycles. The molecule has 6 nitrogen and oxygen atoms in total. The topological polar surface area (TPSA) is 80.6 Å². The van der Waals surface area contributed by atoms with E-state index in [4.69, 9.17) is 4.98 Å². The van der Waals surface area contributed by atoms with E-state index in [0.717, 1.165) is 19.3 Å². The maximum atomic E-state index is 13.3. The van der Waals surface area contributed by atoms with Crippen LogP contribution < -0.4 is 11.1 Å². The second kappa shape index (κ2) is 9.36. The minimum atomic E-state index is -0.124. The first kappa shape index (κ1) is 21.8. The van der Waals surface area contributed by atoms with E-state index in [1.807, 2.05) is 40.3 Å². The Hall–Kier alpha value is -2.45. The number of nitrogens with zero attached hydrogens (tertiary/aromatic N) is 3. The molecule has 1 aromatic carbocycles. The molecule has 0 aliphatic rings. The molecular weight excluding hydrogens is 428 g/mol. The summed E-state index contributed by atoms with van der Waals surface area (Å²) in [5.74, 6) is 1.66. The van der Waals surface area contributed by atoms with Crippen molar-refractivity contribution in [2.24, 2.45) is 5.92 Å². The third kappa shape index (κ3) is 4.75. The lowest BCUT2D eigenvalue weighted by Crippen LogP contribution is -2.26. The molecule has 3 heterocycles. The van der Waals surface area contributed by atoms with E-state index in [9.17, 15) is 9.59 Å². The zero-order valence-corrected chi connectivity index (χ0v) is 19.6. The molecule has 0 saturated heterocycles. The average Bonchev–Trinajstić information content (AvgIpc) is 3.21. The Kier molecular flexibility index (Phi) is 6.57. The van der Waals surface area contributed by atoms with Crippen LogP contribution in [0.4, 0.5) is 0 Å². The summed E-state index contributed by atoms with van der Waals surface area (Å²) in [6.07, 6.45) is 3.11. The molecule has 0 bridgehead atoms. The van der Waals surface area contributed by atoms with E-state index in [1.54, 1.807) is 0 Å². The number of thiophene rings is 1. The maximum Gasteiger partial charge on any atom is 0.268 e. The fourth-order valence-corrected chi connectivity index (χ4v) is 5.38. The van der Waals surface area contributed by atoms with Crippen molar-refractivity contribution in [1.82, 2.24) is 19.5 Å². The summed E-state index contributed by atoms with van der Waals surface area (Å²) in [6, 6.07) is 9.35. The second-order valence-corrected chi connectivity index (χ2v) is 10.1. The molecule has 4 rings (SSSR count). The quantitative estimate of drug-likeness (QED) is 0.286. The lowest BCUT2D eigenvalue weighted by atomic mass is 10.0. The van der Waals surface area contributed by atoms with Crippen molar-refractivity contribution in [1.29, 1.82) is 0 Å². The number of nitrogens with one attached hydrogen (secondary N) is 1. The van der Waals surface area contributed by atoms with Gasteiger partial charge in [-0.05, 0) is 42.8 Å². The first-order chi connectivity index (χ1) is 14.9. The number of para-hydroxylation sites is 1. The van der Waals surface area contributed by atoms with Gasteiger partial charge in [0.05, 0.1) is 22.2 Å². The minimum absolute atomic E-state index is 0.0140. The van der Waals surface area contributed by atoms with Gasteiger partial charge in [0.15, 0.2) is 5.16 Å². The zero-order chi connectivity index (χ0) is 22.0. The highest BCUT2D eigenvalue weighted by Gasteiger charge is 2.17. The summed E-state index contributed by atoms with van der Waals surface area (Å²) in [5, 5.41) is 3.16. The van der Waals surface area contributed by atoms with Gasteiger partial charge in [0.1, 0.15) is 10.5 Å². The highest BCUT2D eigenvalue weighted by Crippen LogP contribution is 2.26. The molecule has 1 unspecified atom stereocenters. The van der Waals surface area contributed by atoms with Gasteiger partial charge in [0.2, 0.25) is 0 Å². The number of aromatic amines is 1. The smallest absolute Gasteiger partial charge is 0.268 e. The van der Waals surface area contributed by atoms with Crippen LogP contribution in [0.2, 0.25) is 0 Å². The second-order valence-electron chi connectivity index (χ2n) is 8.20. The molecular formula is C23H26N4O2S2. The number of aromatic nitrogens is 4. The number of thioether (sulfide) groups is 1. The van der Waals surface area contributed by atoms with Crippen LogP contribution in [0.25, 0.3) is 21.1 Å². The molecule has 31 heavy (non-hydrogen) atoms. The van der Waals surface area contributed by atoms with Crippen LogP contribution in [0.1, 0.15) is 51.9 Å². The molecule has 3 aromatic heterocycles. The van der Waals surface area contributed by atoms with Crippen molar-refractivity contribution < 1.29 is 0 Å². The predicted octanol–water partition coefficient (Wildman–Crippen LogP) is 5.37. The Bertz CT molecular complexity index is 1320. The summed E-state index contributed by atoms with van der Waals surface area (Å²) < 4.78 is 2.45. The highest BCUT2D eigenvalue weighted by atomic mass is 32.2. The number of fused-ring (bicyclic) bond motifs is 2. The van der Waals surface area contributed by atoms with Crippen molar-refractivity contribution in [3.05, 3.63) is 62.2 Å². The molecule has 0 amide bonds. The normalized spacial score (nSPS) is 12.8. The van der Waals surface area contributed by atoms with Crippen molar-refractivity contribution in [2.75, 3.05) is 0 Å². The van der Waals surface area contributed by atoms with Gasteiger partial charge in [-0.1, -0.05) is 50.6 Å². The molecule has 8 heteroatoms. The maximum absolute atomic E-state index is 13.3. The SMILES string of the molecule is CC(C)CCCC(C)n1c(SCc2nc3ccsc3c(=O)[nH]2)nc2ccccc2c1=O. The van der Waals surface area contributed by atoms with Crippen LogP contribution in [0.15, 0.2) is 50.5 Å². The molecule has 0 saturated carbocycles. The molecule has 0 radical (unpaired) electrons. The van der Waals surface area contributed by atoms with Crippen molar-refractivity contribution in [2.45, 2.75) is 57.0 Å². The van der Waals surface area contributed by atoms with E-state index < -0.39 is 0 Å². The fourth-order valence-electron chi connectivity index (χ4n) is 3.69. The van der Waals surface area contributed by atoms with Gasteiger partial charge in [-0.2, -0.15) is 0 Å². The Morgan fingerprint density at radius 2 is 1.87 bits per heavy atom. The number of rotatable bonds is 8. The molecule has 0 spiro atoms. The van der Waals surface area contributed by atoms with E-state index >= 15 is 0 Å². The van der Waals surface area contributed by atoms with Crippen LogP contribution >= 0.6 is 23.1 Å². The first-order valence-corrected chi connectivity index (χ1v) is 12.4. The van der Waals surface area contributed by atoms with Crippen LogP contribution in [-0.4, -0.2) is 19.5 Å². The summed E-state index contributed by atoms with van der Waals surface area (Å²) in [7, 11) is 0. The largest absolute Gasteiger partial charge is 0.309 e. The molecule has 162 valence electrons. The van der Waals surface area contributed by atoms with Crippen molar-refractivity contribution in [3.63, 3.8) is 0 Å². The van der Waals surface area contributed by atoms with Crippen LogP contribution in [0, 0.1) is 5.92 Å². The Labute approximate surface area is 188 Å².